The Labute approximate surface area is 184 Å². The third-order valence-corrected chi connectivity index (χ3v) is 5.96. The van der Waals surface area contributed by atoms with E-state index in [1.165, 1.54) is 5.69 Å². The molecule has 0 amide bonds. The van der Waals surface area contributed by atoms with Gasteiger partial charge in [-0.3, -0.25) is 4.98 Å². The number of hydrogen-bond donors (Lipinski definition) is 1. The van der Waals surface area contributed by atoms with Crippen LogP contribution < -0.4 is 5.32 Å². The first-order valence-electron chi connectivity index (χ1n) is 9.59. The molecule has 150 valence electrons. The highest BCUT2D eigenvalue weighted by Crippen LogP contribution is 2.39. The summed E-state index contributed by atoms with van der Waals surface area (Å²) in [7, 11) is 1.73. The highest BCUT2D eigenvalue weighted by atomic mass is 79.9. The van der Waals surface area contributed by atoms with Crippen molar-refractivity contribution in [2.24, 2.45) is 0 Å². The SMILES string of the molecule is COCCCN1C(=S)N[C@@H](c2ccccn2)[C@H]1c1cccn1-c1cccc(Br)c1. The number of pyridine rings is 1. The molecule has 0 unspecified atom stereocenters. The average Bonchev–Trinajstić information content (AvgIpc) is 3.33. The number of ether oxygens (including phenoxy) is 1. The number of aromatic nitrogens is 2. The molecule has 1 aliphatic rings. The van der Waals surface area contributed by atoms with E-state index in [2.05, 4.69) is 72.2 Å². The first kappa shape index (κ1) is 20.1. The zero-order valence-corrected chi connectivity index (χ0v) is 18.6. The maximum absolute atomic E-state index is 5.73. The summed E-state index contributed by atoms with van der Waals surface area (Å²) in [4.78, 5) is 6.87. The topological polar surface area (TPSA) is 42.3 Å². The Hall–Kier alpha value is -2.22. The van der Waals surface area contributed by atoms with Crippen LogP contribution in [-0.4, -0.2) is 39.8 Å². The van der Waals surface area contributed by atoms with Crippen molar-refractivity contribution in [1.29, 1.82) is 0 Å². The quantitative estimate of drug-likeness (QED) is 0.402. The molecule has 0 bridgehead atoms. The van der Waals surface area contributed by atoms with Crippen molar-refractivity contribution in [2.45, 2.75) is 18.5 Å². The highest BCUT2D eigenvalue weighted by molar-refractivity contribution is 9.10. The summed E-state index contributed by atoms with van der Waals surface area (Å²) in [6.45, 7) is 1.52. The first-order valence-corrected chi connectivity index (χ1v) is 10.8. The molecule has 2 atom stereocenters. The molecule has 0 saturated carbocycles. The van der Waals surface area contributed by atoms with Crippen LogP contribution in [-0.2, 0) is 4.74 Å². The third kappa shape index (κ3) is 4.22. The van der Waals surface area contributed by atoms with Gasteiger partial charge in [0.15, 0.2) is 5.11 Å². The summed E-state index contributed by atoms with van der Waals surface area (Å²) in [5.41, 5.74) is 3.26. The second-order valence-corrected chi connectivity index (χ2v) is 8.25. The van der Waals surface area contributed by atoms with Crippen LogP contribution in [0.15, 0.2) is 71.5 Å². The Balaban J connectivity index is 1.76. The van der Waals surface area contributed by atoms with Gasteiger partial charge in [-0.1, -0.05) is 28.1 Å². The van der Waals surface area contributed by atoms with Crippen LogP contribution in [0.4, 0.5) is 0 Å². The molecule has 1 saturated heterocycles. The minimum atomic E-state index is -0.0213. The van der Waals surface area contributed by atoms with E-state index < -0.39 is 0 Å². The molecule has 1 N–H and O–H groups in total. The largest absolute Gasteiger partial charge is 0.385 e. The van der Waals surface area contributed by atoms with Gasteiger partial charge in [0.1, 0.15) is 0 Å². The lowest BCUT2D eigenvalue weighted by Gasteiger charge is -2.29. The van der Waals surface area contributed by atoms with E-state index >= 15 is 0 Å². The standard InChI is InChI=1S/C22H23BrN4OS/c1-28-14-6-13-27-21(20(25-22(27)29)18-9-2-3-11-24-18)19-10-5-12-26(19)17-8-4-7-16(23)15-17/h2-5,7-12,15,20-21H,6,13-14H2,1H3,(H,25,29)/t20-,21+/m0/s1. The van der Waals surface area contributed by atoms with Gasteiger partial charge in [0.2, 0.25) is 0 Å². The van der Waals surface area contributed by atoms with Gasteiger partial charge in [-0.05, 0) is 61.1 Å². The van der Waals surface area contributed by atoms with Crippen molar-refractivity contribution < 1.29 is 4.74 Å². The Morgan fingerprint density at radius 3 is 2.83 bits per heavy atom. The number of benzene rings is 1. The summed E-state index contributed by atoms with van der Waals surface area (Å²) in [5.74, 6) is 0. The van der Waals surface area contributed by atoms with Gasteiger partial charge in [-0.15, -0.1) is 0 Å². The molecule has 5 nitrogen and oxygen atoms in total. The monoisotopic (exact) mass is 470 g/mol. The molecule has 1 fully saturated rings. The van der Waals surface area contributed by atoms with Crippen LogP contribution in [0.5, 0.6) is 0 Å². The number of rotatable bonds is 7. The van der Waals surface area contributed by atoms with Crippen molar-refractivity contribution in [2.75, 3.05) is 20.3 Å². The molecule has 1 aliphatic heterocycles. The van der Waals surface area contributed by atoms with Gasteiger partial charge < -0.3 is 19.5 Å². The lowest BCUT2D eigenvalue weighted by Crippen LogP contribution is -2.32. The molecular formula is C22H23BrN4OS. The second kappa shape index (κ2) is 9.07. The Morgan fingerprint density at radius 2 is 2.07 bits per heavy atom. The van der Waals surface area contributed by atoms with Gasteiger partial charge >= 0.3 is 0 Å². The summed E-state index contributed by atoms with van der Waals surface area (Å²) in [5, 5.41) is 4.26. The maximum atomic E-state index is 5.73. The van der Waals surface area contributed by atoms with Crippen LogP contribution in [0.3, 0.4) is 0 Å². The fraction of sp³-hybridized carbons (Fsp3) is 0.273. The molecule has 2 aromatic heterocycles. The summed E-state index contributed by atoms with van der Waals surface area (Å²) < 4.78 is 8.54. The molecule has 0 radical (unpaired) electrons. The predicted octanol–water partition coefficient (Wildman–Crippen LogP) is 4.64. The van der Waals surface area contributed by atoms with Crippen LogP contribution in [0.25, 0.3) is 5.69 Å². The zero-order chi connectivity index (χ0) is 20.2. The smallest absolute Gasteiger partial charge is 0.170 e. The van der Waals surface area contributed by atoms with Crippen molar-refractivity contribution in [3.63, 3.8) is 0 Å². The minimum Gasteiger partial charge on any atom is -0.385 e. The number of nitrogens with one attached hydrogen (secondary N) is 1. The van der Waals surface area contributed by atoms with Crippen molar-refractivity contribution >= 4 is 33.3 Å². The van der Waals surface area contributed by atoms with Gasteiger partial charge in [0.25, 0.3) is 0 Å². The summed E-state index contributed by atoms with van der Waals surface area (Å²) in [6, 6.07) is 18.6. The van der Waals surface area contributed by atoms with E-state index in [1.807, 2.05) is 30.5 Å². The van der Waals surface area contributed by atoms with E-state index in [0.717, 1.165) is 33.9 Å². The number of methoxy groups -OCH3 is 1. The molecular weight excluding hydrogens is 448 g/mol. The van der Waals surface area contributed by atoms with E-state index in [9.17, 15) is 0 Å². The number of hydrogen-bond acceptors (Lipinski definition) is 3. The van der Waals surface area contributed by atoms with Crippen LogP contribution in [0, 0.1) is 0 Å². The van der Waals surface area contributed by atoms with Crippen molar-refractivity contribution in [3.8, 4) is 5.69 Å². The lowest BCUT2D eigenvalue weighted by atomic mass is 10.0. The van der Waals surface area contributed by atoms with E-state index in [0.29, 0.717) is 6.61 Å². The molecule has 29 heavy (non-hydrogen) atoms. The van der Waals surface area contributed by atoms with Crippen molar-refractivity contribution in [3.05, 3.63) is 82.9 Å². The minimum absolute atomic E-state index is 0.0213. The Morgan fingerprint density at radius 1 is 1.17 bits per heavy atom. The predicted molar refractivity (Wildman–Crippen MR) is 122 cm³/mol. The maximum Gasteiger partial charge on any atom is 0.170 e. The Bertz CT molecular complexity index is 978. The van der Waals surface area contributed by atoms with Gasteiger partial charge in [0.05, 0.1) is 17.8 Å². The van der Waals surface area contributed by atoms with E-state index in [1.54, 1.807) is 7.11 Å². The zero-order valence-electron chi connectivity index (χ0n) is 16.2. The first-order chi connectivity index (χ1) is 14.2. The molecule has 1 aromatic carbocycles. The fourth-order valence-corrected chi connectivity index (χ4v) is 4.56. The number of nitrogens with zero attached hydrogens (tertiary/aromatic N) is 3. The third-order valence-electron chi connectivity index (χ3n) is 5.11. The van der Waals surface area contributed by atoms with Gasteiger partial charge in [-0.25, -0.2) is 0 Å². The summed E-state index contributed by atoms with van der Waals surface area (Å²) in [6.07, 6.45) is 4.83. The molecule has 7 heteroatoms. The second-order valence-electron chi connectivity index (χ2n) is 6.95. The number of halogens is 1. The molecule has 3 heterocycles. The molecule has 0 aliphatic carbocycles. The van der Waals surface area contributed by atoms with Crippen LogP contribution >= 0.6 is 28.1 Å². The van der Waals surface area contributed by atoms with Gasteiger partial charge in [-0.2, -0.15) is 0 Å². The van der Waals surface area contributed by atoms with E-state index in [-0.39, 0.29) is 12.1 Å². The Kier molecular flexibility index (Phi) is 6.28. The number of thiocarbonyl (C=S) groups is 1. The average molecular weight is 471 g/mol. The highest BCUT2D eigenvalue weighted by Gasteiger charge is 2.40. The van der Waals surface area contributed by atoms with Crippen molar-refractivity contribution in [1.82, 2.24) is 19.8 Å². The molecule has 0 spiro atoms. The molecule has 4 rings (SSSR count). The fourth-order valence-electron chi connectivity index (χ4n) is 3.84. The van der Waals surface area contributed by atoms with Crippen LogP contribution in [0.2, 0.25) is 0 Å². The normalized spacial score (nSPS) is 18.8. The summed E-state index contributed by atoms with van der Waals surface area (Å²) >= 11 is 9.32. The lowest BCUT2D eigenvalue weighted by molar-refractivity contribution is 0.180. The van der Waals surface area contributed by atoms with Gasteiger partial charge in [0, 0.05) is 48.5 Å². The van der Waals surface area contributed by atoms with E-state index in [4.69, 9.17) is 17.0 Å². The molecule has 3 aromatic rings. The van der Waals surface area contributed by atoms with Crippen LogP contribution in [0.1, 0.15) is 29.9 Å².